The second-order valence-corrected chi connectivity index (χ2v) is 82.3. The first-order valence-corrected chi connectivity index (χ1v) is 70.5. The van der Waals surface area contributed by atoms with Gasteiger partial charge in [0.25, 0.3) is 0 Å². The van der Waals surface area contributed by atoms with E-state index in [0.29, 0.717) is 0 Å². The van der Waals surface area contributed by atoms with Crippen LogP contribution in [0.2, 0.25) is 142 Å². The van der Waals surface area contributed by atoms with Gasteiger partial charge in [-0.1, -0.05) is 366 Å². The largest absolute Gasteiger partial charge is 0.310 e. The Morgan fingerprint density at radius 2 is 0.367 bits per heavy atom. The van der Waals surface area contributed by atoms with Crippen molar-refractivity contribution in [1.82, 2.24) is 0 Å². The number of fused-ring (bicyclic) bond motifs is 6. The van der Waals surface area contributed by atoms with E-state index in [-0.39, 0.29) is 0 Å². The van der Waals surface area contributed by atoms with Gasteiger partial charge in [-0.05, 0) is 201 Å². The Labute approximate surface area is 724 Å². The topological polar surface area (TPSA) is 13.0 Å². The first kappa shape index (κ1) is 81.0. The molecule has 16 bridgehead atoms. The van der Waals surface area contributed by atoms with Crippen molar-refractivity contribution in [3.8, 4) is 22.3 Å². The minimum atomic E-state index is -2.08. The van der Waals surface area contributed by atoms with Gasteiger partial charge in [-0.15, -0.1) is 0 Å². The average molecular weight is 1700 g/mol. The standard InChI is InChI=1S/C108H118N4Si8/c1-113(2,3)91-51-31-79(32-52-91)109-83-39-59-95(60-40-83)117(13,14)75-118(15,16)96-61-41-85(42-62-96)111(81-35-55-93(56-36-81)115(7,8)9)89-49-69-101-102-70-50-90-74-106(102)108(105(101)73-89,78-29-25-22-26-30-78)107(77-27-23-21-24-28-77)103-71-87(109)47-67-99(103)100-68-48-88(72-104(100)107)110(80-33-53-92(54-34-80)114(4,5)6)84-43-63-97(64-44-84)119(17,18)76-120(19,20)98-65-45-86(46-66-98)112(90)82-37-57-94(58-38-82)116(10,11)12/h21-74H,75-76H2,1-20H3. The van der Waals surface area contributed by atoms with Crippen LogP contribution in [0.15, 0.2) is 328 Å². The Morgan fingerprint density at radius 3 is 0.542 bits per heavy atom. The molecule has 0 unspecified atom stereocenters. The molecule has 0 saturated heterocycles. The first-order chi connectivity index (χ1) is 56.9. The fourth-order valence-corrected chi connectivity index (χ4v) is 51.4. The van der Waals surface area contributed by atoms with Crippen LogP contribution in [-0.2, 0) is 10.8 Å². The lowest BCUT2D eigenvalue weighted by molar-refractivity contribution is 0.437. The monoisotopic (exact) mass is 1690 g/mol. The SMILES string of the molecule is C[Si](C)(C)c1ccc(N2c3ccc(cc3)[Si](C)(C)C[Si](C)(C)c3ccc(cc3)N(c3ccc([Si](C)(C)C)cc3)c3ccc4c(c3)C3(c5ccccc5)c5cc(ccc5-4)N(c4ccc([Si](C)(C)C)cc4)c4ccc(cc4)[Si](C)(C)C[Si](C)(C)c4ccc(cc4)N(c4ccc([Si](C)(C)C)cc4)c4ccc5c(c4)C3(c3ccccc3)c3cc2ccc3-5)cc1. The second-order valence-electron chi connectivity index (χ2n) is 41.8. The second kappa shape index (κ2) is 29.4. The third-order valence-electron chi connectivity index (χ3n) is 27.6. The van der Waals surface area contributed by atoms with E-state index in [1.807, 2.05) is 0 Å². The van der Waals surface area contributed by atoms with Crippen molar-refractivity contribution < 1.29 is 0 Å². The highest BCUT2D eigenvalue weighted by Crippen LogP contribution is 2.71. The van der Waals surface area contributed by atoms with E-state index in [9.17, 15) is 0 Å². The van der Waals surface area contributed by atoms with Crippen molar-refractivity contribution in [2.45, 2.75) is 153 Å². The van der Waals surface area contributed by atoms with E-state index < -0.39 is 75.4 Å². The number of benzene rings is 14. The van der Waals surface area contributed by atoms with Crippen molar-refractivity contribution in [2.24, 2.45) is 0 Å². The van der Waals surface area contributed by atoms with Crippen LogP contribution in [0.1, 0.15) is 33.4 Å². The van der Waals surface area contributed by atoms with Gasteiger partial charge >= 0.3 is 0 Å². The lowest BCUT2D eigenvalue weighted by Crippen LogP contribution is -2.53. The van der Waals surface area contributed by atoms with E-state index in [0.717, 1.165) is 68.2 Å². The van der Waals surface area contributed by atoms with E-state index in [1.54, 1.807) is 0 Å². The van der Waals surface area contributed by atoms with Crippen molar-refractivity contribution in [3.63, 3.8) is 0 Å². The molecule has 6 heterocycles. The fourth-order valence-electron chi connectivity index (χ4n) is 21.5. The van der Waals surface area contributed by atoms with Crippen molar-refractivity contribution in [1.29, 1.82) is 0 Å². The molecule has 0 atom stereocenters. The number of anilines is 12. The summed E-state index contributed by atoms with van der Waals surface area (Å²) in [4.78, 5) is 10.4. The van der Waals surface area contributed by atoms with Gasteiger partial charge in [0, 0.05) is 68.2 Å². The first-order valence-electron chi connectivity index (χ1n) is 43.7. The number of nitrogens with zero attached hydrogens (tertiary/aromatic N) is 4. The molecule has 0 fully saturated rings. The molecule has 2 aliphatic carbocycles. The zero-order valence-electron chi connectivity index (χ0n) is 74.4. The van der Waals surface area contributed by atoms with Crippen LogP contribution in [0.3, 0.4) is 0 Å². The molecule has 0 saturated carbocycles. The van der Waals surface area contributed by atoms with Crippen LogP contribution in [0.5, 0.6) is 0 Å². The van der Waals surface area contributed by atoms with Crippen LogP contribution in [0, 0.1) is 0 Å². The molecule has 22 rings (SSSR count). The Hall–Kier alpha value is -9.98. The third-order valence-corrected chi connectivity index (χ3v) is 57.6. The normalized spacial score (nSPS) is 16.6. The minimum absolute atomic E-state index is 1.09. The molecule has 6 aliphatic heterocycles. The molecule has 120 heavy (non-hydrogen) atoms. The molecule has 8 aliphatic rings. The number of rotatable bonds is 10. The minimum Gasteiger partial charge on any atom is -0.310 e. The van der Waals surface area contributed by atoms with E-state index in [1.165, 1.54) is 108 Å². The zero-order chi connectivity index (χ0) is 84.2. The maximum Gasteiger partial charge on any atom is 0.0783 e. The molecule has 0 amide bonds. The Balaban J connectivity index is 1.05. The number of hydrogen-bond donors (Lipinski definition) is 0. The molecule has 14 aromatic rings. The molecule has 0 spiro atoms. The molecule has 0 N–H and O–H groups in total. The molecule has 4 nitrogen and oxygen atoms in total. The van der Waals surface area contributed by atoms with Gasteiger partial charge in [0.05, 0.1) is 75.4 Å². The number of hydrogen-bond acceptors (Lipinski definition) is 4. The van der Waals surface area contributed by atoms with Crippen LogP contribution in [-0.4, -0.2) is 64.6 Å². The molecule has 12 heteroatoms. The predicted octanol–water partition coefficient (Wildman–Crippen LogP) is 25.8. The predicted molar refractivity (Wildman–Crippen MR) is 545 cm³/mol. The molecule has 602 valence electrons. The molecule has 0 aromatic heterocycles. The van der Waals surface area contributed by atoms with Crippen molar-refractivity contribution >= 4 is 174 Å². The van der Waals surface area contributed by atoms with E-state index in [2.05, 4.69) is 478 Å². The van der Waals surface area contributed by atoms with E-state index >= 15 is 0 Å². The quantitative estimate of drug-likeness (QED) is 0.127. The maximum absolute atomic E-state index is 2.68. The van der Waals surface area contributed by atoms with Crippen LogP contribution in [0.25, 0.3) is 22.3 Å². The van der Waals surface area contributed by atoms with Crippen molar-refractivity contribution in [2.75, 3.05) is 19.6 Å². The summed E-state index contributed by atoms with van der Waals surface area (Å²) in [5.74, 6) is 0. The van der Waals surface area contributed by atoms with Gasteiger partial charge in [0.1, 0.15) is 0 Å². The average Bonchev–Trinajstić information content (AvgIpc) is 1.47. The zero-order valence-corrected chi connectivity index (χ0v) is 82.4. The van der Waals surface area contributed by atoms with Crippen molar-refractivity contribution in [3.05, 3.63) is 361 Å². The molecular weight excluding hydrogens is 1580 g/mol. The fraction of sp³-hybridized carbons (Fsp3) is 0.222. The Morgan fingerprint density at radius 1 is 0.200 bits per heavy atom. The van der Waals surface area contributed by atoms with Gasteiger partial charge in [0.2, 0.25) is 0 Å². The highest BCUT2D eigenvalue weighted by atomic mass is 28.4. The summed E-state index contributed by atoms with van der Waals surface area (Å²) in [5, 5.41) is 11.7. The van der Waals surface area contributed by atoms with Gasteiger partial charge < -0.3 is 19.6 Å². The molecular formula is C108H118N4Si8. The lowest BCUT2D eigenvalue weighted by atomic mass is 9.49. The molecule has 0 radical (unpaired) electrons. The summed E-state index contributed by atoms with van der Waals surface area (Å²) in [6.07, 6.45) is 0. The van der Waals surface area contributed by atoms with Crippen LogP contribution < -0.4 is 61.1 Å². The maximum atomic E-state index is 2.68. The third kappa shape index (κ3) is 13.8. The highest BCUT2D eigenvalue weighted by molar-refractivity contribution is 7.07. The van der Waals surface area contributed by atoms with Gasteiger partial charge in [-0.25, -0.2) is 0 Å². The Bertz CT molecular complexity index is 5500. The van der Waals surface area contributed by atoms with E-state index in [4.69, 9.17) is 0 Å². The smallest absolute Gasteiger partial charge is 0.0783 e. The summed E-state index contributed by atoms with van der Waals surface area (Å²) < 4.78 is 0. The Kier molecular flexibility index (Phi) is 19.9. The highest BCUT2D eigenvalue weighted by Gasteiger charge is 2.65. The summed E-state index contributed by atoms with van der Waals surface area (Å²) in [5.41, 5.74) is 26.2. The molecule has 14 aromatic carbocycles. The summed E-state index contributed by atoms with van der Waals surface area (Å²) >= 11 is 0. The summed E-state index contributed by atoms with van der Waals surface area (Å²) in [7, 11) is -15.3. The lowest BCUT2D eigenvalue weighted by Gasteiger charge is -2.51. The summed E-state index contributed by atoms with van der Waals surface area (Å²) in [6, 6.07) is 133. The van der Waals surface area contributed by atoms with Gasteiger partial charge in [-0.2, -0.15) is 0 Å². The van der Waals surface area contributed by atoms with Crippen LogP contribution in [0.4, 0.5) is 68.2 Å². The van der Waals surface area contributed by atoms with Gasteiger partial charge in [-0.3, -0.25) is 0 Å². The summed E-state index contributed by atoms with van der Waals surface area (Å²) in [6.45, 7) is 50.7. The van der Waals surface area contributed by atoms with Gasteiger partial charge in [0.15, 0.2) is 0 Å². The van der Waals surface area contributed by atoms with Crippen LogP contribution >= 0.6 is 0 Å².